The Morgan fingerprint density at radius 3 is 2.68 bits per heavy atom. The molecule has 0 aliphatic heterocycles. The van der Waals surface area contributed by atoms with E-state index in [9.17, 15) is 5.26 Å². The molecule has 142 valence electrons. The standard InChI is InChI=1S/C21H18ClN3O3/c1-4-27-18-11-14(10-17(22)19(18)26-3)9-16(12-23)21-24-20(25-28-21)15-7-5-13(2)6-8-15/h5-11H,4H2,1-3H3/b16-9+. The van der Waals surface area contributed by atoms with Gasteiger partial charge in [-0.2, -0.15) is 10.2 Å². The molecular weight excluding hydrogens is 378 g/mol. The lowest BCUT2D eigenvalue weighted by atomic mass is 10.1. The smallest absolute Gasteiger partial charge is 0.268 e. The van der Waals surface area contributed by atoms with Gasteiger partial charge in [0, 0.05) is 5.56 Å². The lowest BCUT2D eigenvalue weighted by molar-refractivity contribution is 0.311. The summed E-state index contributed by atoms with van der Waals surface area (Å²) in [7, 11) is 1.52. The average Bonchev–Trinajstić information content (AvgIpc) is 3.17. The topological polar surface area (TPSA) is 81.2 Å². The fraction of sp³-hybridized carbons (Fsp3) is 0.190. The quantitative estimate of drug-likeness (QED) is 0.535. The second kappa shape index (κ2) is 8.59. The highest BCUT2D eigenvalue weighted by atomic mass is 35.5. The molecule has 0 atom stereocenters. The van der Waals surface area contributed by atoms with Gasteiger partial charge in [0.15, 0.2) is 11.5 Å². The second-order valence-electron chi connectivity index (χ2n) is 5.93. The molecule has 0 saturated heterocycles. The Kier molecular flexibility index (Phi) is 5.97. The van der Waals surface area contributed by atoms with Crippen LogP contribution in [0.3, 0.4) is 0 Å². The zero-order valence-corrected chi connectivity index (χ0v) is 16.4. The number of aromatic nitrogens is 2. The molecule has 0 radical (unpaired) electrons. The van der Waals surface area contributed by atoms with Crippen LogP contribution in [-0.2, 0) is 0 Å². The van der Waals surface area contributed by atoms with Crippen molar-refractivity contribution in [3.8, 4) is 29.0 Å². The fourth-order valence-electron chi connectivity index (χ4n) is 2.59. The third kappa shape index (κ3) is 4.16. The number of hydrogen-bond donors (Lipinski definition) is 0. The van der Waals surface area contributed by atoms with Crippen LogP contribution in [-0.4, -0.2) is 23.9 Å². The highest BCUT2D eigenvalue weighted by Gasteiger charge is 2.15. The maximum Gasteiger partial charge on any atom is 0.268 e. The van der Waals surface area contributed by atoms with E-state index in [4.69, 9.17) is 25.6 Å². The van der Waals surface area contributed by atoms with Crippen LogP contribution in [0.5, 0.6) is 11.5 Å². The molecule has 3 rings (SSSR count). The maximum atomic E-state index is 9.56. The van der Waals surface area contributed by atoms with E-state index in [1.54, 1.807) is 18.2 Å². The van der Waals surface area contributed by atoms with Gasteiger partial charge in [0.2, 0.25) is 5.82 Å². The number of nitrogens with zero attached hydrogens (tertiary/aromatic N) is 3. The number of halogens is 1. The van der Waals surface area contributed by atoms with Gasteiger partial charge in [-0.3, -0.25) is 0 Å². The molecule has 0 saturated carbocycles. The lowest BCUT2D eigenvalue weighted by Crippen LogP contribution is -1.96. The lowest BCUT2D eigenvalue weighted by Gasteiger charge is -2.11. The van der Waals surface area contributed by atoms with Gasteiger partial charge in [0.25, 0.3) is 5.89 Å². The zero-order valence-electron chi connectivity index (χ0n) is 15.7. The van der Waals surface area contributed by atoms with Crippen LogP contribution >= 0.6 is 11.6 Å². The molecule has 2 aromatic carbocycles. The summed E-state index contributed by atoms with van der Waals surface area (Å²) < 4.78 is 16.1. The van der Waals surface area contributed by atoms with E-state index in [0.29, 0.717) is 34.5 Å². The van der Waals surface area contributed by atoms with Gasteiger partial charge in [-0.05, 0) is 37.6 Å². The third-order valence-corrected chi connectivity index (χ3v) is 4.21. The normalized spacial score (nSPS) is 11.2. The van der Waals surface area contributed by atoms with Crippen molar-refractivity contribution in [3.63, 3.8) is 0 Å². The molecule has 0 bridgehead atoms. The molecule has 0 aliphatic rings. The van der Waals surface area contributed by atoms with E-state index in [0.717, 1.165) is 11.1 Å². The van der Waals surface area contributed by atoms with Crippen molar-refractivity contribution in [1.82, 2.24) is 10.1 Å². The minimum atomic E-state index is 0.128. The number of rotatable bonds is 6. The predicted octanol–water partition coefficient (Wildman–Crippen LogP) is 5.17. The highest BCUT2D eigenvalue weighted by Crippen LogP contribution is 2.37. The van der Waals surface area contributed by atoms with Gasteiger partial charge >= 0.3 is 0 Å². The van der Waals surface area contributed by atoms with E-state index < -0.39 is 0 Å². The number of hydrogen-bond acceptors (Lipinski definition) is 6. The van der Waals surface area contributed by atoms with Gasteiger partial charge < -0.3 is 14.0 Å². The first-order valence-electron chi connectivity index (χ1n) is 8.59. The van der Waals surface area contributed by atoms with Crippen molar-refractivity contribution in [2.24, 2.45) is 0 Å². The summed E-state index contributed by atoms with van der Waals surface area (Å²) in [6.07, 6.45) is 1.61. The Labute approximate surface area is 168 Å². The van der Waals surface area contributed by atoms with Crippen molar-refractivity contribution >= 4 is 23.3 Å². The van der Waals surface area contributed by atoms with E-state index in [1.165, 1.54) is 7.11 Å². The number of nitriles is 1. The Balaban J connectivity index is 1.97. The largest absolute Gasteiger partial charge is 0.491 e. The van der Waals surface area contributed by atoms with Gasteiger partial charge in [-0.25, -0.2) is 0 Å². The molecule has 0 spiro atoms. The van der Waals surface area contributed by atoms with Crippen molar-refractivity contribution in [1.29, 1.82) is 5.26 Å². The molecule has 0 fully saturated rings. The number of aryl methyl sites for hydroxylation is 1. The van der Waals surface area contributed by atoms with E-state index in [-0.39, 0.29) is 11.5 Å². The Bertz CT molecular complexity index is 1050. The summed E-state index contributed by atoms with van der Waals surface area (Å²) in [6, 6.07) is 13.2. The molecule has 0 N–H and O–H groups in total. The molecule has 0 amide bonds. The van der Waals surface area contributed by atoms with Crippen LogP contribution < -0.4 is 9.47 Å². The molecule has 3 aromatic rings. The van der Waals surface area contributed by atoms with Crippen molar-refractivity contribution in [3.05, 3.63) is 58.4 Å². The molecule has 6 nitrogen and oxygen atoms in total. The molecule has 1 heterocycles. The van der Waals surface area contributed by atoms with Crippen LogP contribution in [0.2, 0.25) is 5.02 Å². The number of ether oxygens (including phenoxy) is 2. The van der Waals surface area contributed by atoms with Crippen molar-refractivity contribution < 1.29 is 14.0 Å². The Morgan fingerprint density at radius 1 is 1.29 bits per heavy atom. The molecule has 7 heteroatoms. The fourth-order valence-corrected chi connectivity index (χ4v) is 2.89. The second-order valence-corrected chi connectivity index (χ2v) is 6.33. The van der Waals surface area contributed by atoms with Gasteiger partial charge in [0.1, 0.15) is 11.6 Å². The Hall–Kier alpha value is -3.30. The average molecular weight is 396 g/mol. The van der Waals surface area contributed by atoms with E-state index in [1.807, 2.05) is 38.1 Å². The summed E-state index contributed by atoms with van der Waals surface area (Å²) in [5, 5.41) is 13.9. The van der Waals surface area contributed by atoms with Crippen molar-refractivity contribution in [2.75, 3.05) is 13.7 Å². The monoisotopic (exact) mass is 395 g/mol. The molecular formula is C21H18ClN3O3. The maximum absolute atomic E-state index is 9.56. The van der Waals surface area contributed by atoms with E-state index in [2.05, 4.69) is 16.2 Å². The minimum absolute atomic E-state index is 0.128. The summed E-state index contributed by atoms with van der Waals surface area (Å²) in [4.78, 5) is 4.33. The van der Waals surface area contributed by atoms with Crippen LogP contribution in [0.15, 0.2) is 40.9 Å². The van der Waals surface area contributed by atoms with Crippen LogP contribution in [0.1, 0.15) is 23.9 Å². The van der Waals surface area contributed by atoms with Crippen LogP contribution in [0, 0.1) is 18.3 Å². The first-order chi connectivity index (χ1) is 13.5. The van der Waals surface area contributed by atoms with Crippen LogP contribution in [0.4, 0.5) is 0 Å². The van der Waals surface area contributed by atoms with Crippen LogP contribution in [0.25, 0.3) is 23.0 Å². The number of allylic oxidation sites excluding steroid dienone is 1. The minimum Gasteiger partial charge on any atom is -0.491 e. The van der Waals surface area contributed by atoms with E-state index >= 15 is 0 Å². The SMILES string of the molecule is CCOc1cc(/C=C(\C#N)c2nc(-c3ccc(C)cc3)no2)cc(Cl)c1OC. The summed E-state index contributed by atoms with van der Waals surface area (Å²) in [5.74, 6) is 1.48. The number of benzene rings is 2. The molecule has 1 aromatic heterocycles. The summed E-state index contributed by atoms with van der Waals surface area (Å²) >= 11 is 6.27. The number of methoxy groups -OCH3 is 1. The molecule has 0 aliphatic carbocycles. The van der Waals surface area contributed by atoms with Crippen molar-refractivity contribution in [2.45, 2.75) is 13.8 Å². The first-order valence-corrected chi connectivity index (χ1v) is 8.96. The predicted molar refractivity (Wildman–Crippen MR) is 107 cm³/mol. The third-order valence-electron chi connectivity index (χ3n) is 3.93. The van der Waals surface area contributed by atoms with Gasteiger partial charge in [0.05, 0.1) is 18.7 Å². The van der Waals surface area contributed by atoms with Gasteiger partial charge in [-0.1, -0.05) is 46.6 Å². The highest BCUT2D eigenvalue weighted by molar-refractivity contribution is 6.32. The van der Waals surface area contributed by atoms with Gasteiger partial charge in [-0.15, -0.1) is 0 Å². The summed E-state index contributed by atoms with van der Waals surface area (Å²) in [6.45, 7) is 4.31. The summed E-state index contributed by atoms with van der Waals surface area (Å²) in [5.41, 5.74) is 2.81. The Morgan fingerprint density at radius 2 is 2.04 bits per heavy atom. The zero-order chi connectivity index (χ0) is 20.1. The first kappa shape index (κ1) is 19.5. The molecule has 0 unspecified atom stereocenters. The molecule has 28 heavy (non-hydrogen) atoms.